The number of carbonyl (C=O) groups excluding carboxylic acids is 3. The number of carbonyl (C=O) groups is 3. The Labute approximate surface area is 210 Å². The molecule has 1 saturated heterocycles. The summed E-state index contributed by atoms with van der Waals surface area (Å²) >= 11 is 0. The lowest BCUT2D eigenvalue weighted by atomic mass is 9.83. The van der Waals surface area contributed by atoms with Gasteiger partial charge in [-0.1, -0.05) is 31.4 Å². The topological polar surface area (TPSA) is 108 Å². The summed E-state index contributed by atoms with van der Waals surface area (Å²) in [5.41, 5.74) is 0.218. The van der Waals surface area contributed by atoms with Crippen molar-refractivity contribution in [2.24, 2.45) is 5.92 Å². The third-order valence-electron chi connectivity index (χ3n) is 7.32. The third-order valence-corrected chi connectivity index (χ3v) is 7.32. The van der Waals surface area contributed by atoms with Gasteiger partial charge in [0.1, 0.15) is 29.4 Å². The maximum atomic E-state index is 14.3. The van der Waals surface area contributed by atoms with Gasteiger partial charge >= 0.3 is 0 Å². The number of hydrogen-bond donors (Lipinski definition) is 3. The minimum atomic E-state index is -0.675. The van der Waals surface area contributed by atoms with Gasteiger partial charge in [-0.3, -0.25) is 14.4 Å². The summed E-state index contributed by atoms with van der Waals surface area (Å²) < 4.78 is 15.7. The van der Waals surface area contributed by atoms with E-state index in [9.17, 15) is 18.8 Å². The van der Waals surface area contributed by atoms with Crippen molar-refractivity contribution >= 4 is 23.5 Å². The molecular weight excluding hydrogens is 463 g/mol. The van der Waals surface area contributed by atoms with Gasteiger partial charge in [-0.15, -0.1) is 0 Å². The number of anilines is 1. The summed E-state index contributed by atoms with van der Waals surface area (Å²) in [5.74, 6) is -0.878. The number of likely N-dealkylation sites (tertiary alicyclic amines) is 1. The zero-order chi connectivity index (χ0) is 25.7. The first-order valence-corrected chi connectivity index (χ1v) is 12.8. The van der Waals surface area contributed by atoms with Crippen molar-refractivity contribution in [3.05, 3.63) is 42.3 Å². The molecule has 1 aliphatic heterocycles. The average molecular weight is 499 g/mol. The van der Waals surface area contributed by atoms with Crippen molar-refractivity contribution in [3.63, 3.8) is 0 Å². The van der Waals surface area contributed by atoms with Gasteiger partial charge < -0.3 is 20.9 Å². The summed E-state index contributed by atoms with van der Waals surface area (Å²) in [6, 6.07) is 6.01. The lowest BCUT2D eigenvalue weighted by molar-refractivity contribution is -0.142. The second-order valence-electron chi connectivity index (χ2n) is 9.65. The zero-order valence-electron chi connectivity index (χ0n) is 20.9. The van der Waals surface area contributed by atoms with Gasteiger partial charge in [-0.2, -0.15) is 5.10 Å². The quantitative estimate of drug-likeness (QED) is 0.519. The molecule has 3 atom stereocenters. The molecule has 0 unspecified atom stereocenters. The van der Waals surface area contributed by atoms with Crippen LogP contribution < -0.4 is 16.0 Å². The first kappa shape index (κ1) is 25.8. The Morgan fingerprint density at radius 3 is 2.53 bits per heavy atom. The SMILES string of the molecule is CN[C@@H](C)C(=O)N[C@H](C(=O)N1CCC[C@H]1C(=O)Nc1ccnn1-c1ccccc1F)C1CCCCC1. The number of aromatic nitrogens is 2. The van der Waals surface area contributed by atoms with Crippen LogP contribution in [0.25, 0.3) is 5.69 Å². The Bertz CT molecular complexity index is 1080. The molecule has 0 bridgehead atoms. The Kier molecular flexibility index (Phi) is 8.35. The van der Waals surface area contributed by atoms with Crippen LogP contribution in [0.15, 0.2) is 36.5 Å². The molecule has 3 N–H and O–H groups in total. The molecule has 2 fully saturated rings. The molecule has 36 heavy (non-hydrogen) atoms. The van der Waals surface area contributed by atoms with Crippen LogP contribution in [0.5, 0.6) is 0 Å². The molecule has 2 aliphatic rings. The number of para-hydroxylation sites is 1. The summed E-state index contributed by atoms with van der Waals surface area (Å²) in [6.45, 7) is 2.20. The fourth-order valence-corrected chi connectivity index (χ4v) is 5.16. The molecule has 4 rings (SSSR count). The minimum absolute atomic E-state index is 0.0473. The van der Waals surface area contributed by atoms with Gasteiger partial charge in [0.2, 0.25) is 17.7 Å². The van der Waals surface area contributed by atoms with Gasteiger partial charge in [0.15, 0.2) is 0 Å². The fraction of sp³-hybridized carbons (Fsp3) is 0.538. The number of nitrogens with zero attached hydrogens (tertiary/aromatic N) is 3. The van der Waals surface area contributed by atoms with Crippen molar-refractivity contribution < 1.29 is 18.8 Å². The van der Waals surface area contributed by atoms with Crippen LogP contribution in [0.4, 0.5) is 10.2 Å². The standard InChI is InChI=1S/C26H35FN6O3/c1-17(28-2)24(34)31-23(18-9-4-3-5-10-18)26(36)32-16-8-13-21(32)25(35)30-22-14-15-29-33(22)20-12-7-6-11-19(20)27/h6-7,11-12,14-15,17-18,21,23,28H,3-5,8-10,13,16H2,1-2H3,(H,30,35)(H,31,34)/t17-,21-,23-/m0/s1. The number of halogens is 1. The van der Waals surface area contributed by atoms with Gasteiger partial charge in [0.25, 0.3) is 0 Å². The van der Waals surface area contributed by atoms with Crippen LogP contribution in [0.1, 0.15) is 51.9 Å². The van der Waals surface area contributed by atoms with Crippen molar-refractivity contribution in [1.29, 1.82) is 0 Å². The number of amides is 3. The van der Waals surface area contributed by atoms with Crippen LogP contribution in [0.3, 0.4) is 0 Å². The predicted octanol–water partition coefficient (Wildman–Crippen LogP) is 2.61. The van der Waals surface area contributed by atoms with Gasteiger partial charge in [-0.05, 0) is 57.7 Å². The molecular formula is C26H35FN6O3. The highest BCUT2D eigenvalue weighted by molar-refractivity contribution is 5.98. The summed E-state index contributed by atoms with van der Waals surface area (Å²) in [5, 5.41) is 12.9. The second-order valence-corrected chi connectivity index (χ2v) is 9.65. The van der Waals surface area contributed by atoms with Gasteiger partial charge in [0.05, 0.1) is 12.2 Å². The van der Waals surface area contributed by atoms with Crippen LogP contribution in [-0.4, -0.2) is 64.1 Å². The first-order chi connectivity index (χ1) is 17.4. The molecule has 9 nitrogen and oxygen atoms in total. The van der Waals surface area contributed by atoms with Crippen molar-refractivity contribution in [2.45, 2.75) is 70.0 Å². The van der Waals surface area contributed by atoms with Crippen LogP contribution in [0.2, 0.25) is 0 Å². The van der Waals surface area contributed by atoms with Crippen molar-refractivity contribution in [1.82, 2.24) is 25.3 Å². The number of likely N-dealkylation sites (N-methyl/N-ethyl adjacent to an activating group) is 1. The van der Waals surface area contributed by atoms with E-state index in [4.69, 9.17) is 0 Å². The molecule has 0 spiro atoms. The maximum Gasteiger partial charge on any atom is 0.248 e. The van der Waals surface area contributed by atoms with Crippen LogP contribution in [-0.2, 0) is 14.4 Å². The number of nitrogens with one attached hydrogen (secondary N) is 3. The summed E-state index contributed by atoms with van der Waals surface area (Å²) in [4.78, 5) is 41.4. The molecule has 1 saturated carbocycles. The molecule has 1 aliphatic carbocycles. The van der Waals surface area contributed by atoms with E-state index in [0.717, 1.165) is 32.1 Å². The third kappa shape index (κ3) is 5.59. The molecule has 194 valence electrons. The molecule has 10 heteroatoms. The predicted molar refractivity (Wildman–Crippen MR) is 134 cm³/mol. The molecule has 2 heterocycles. The summed E-state index contributed by atoms with van der Waals surface area (Å²) in [6.07, 6.45) is 7.61. The molecule has 1 aromatic carbocycles. The smallest absolute Gasteiger partial charge is 0.248 e. The zero-order valence-corrected chi connectivity index (χ0v) is 20.9. The van der Waals surface area contributed by atoms with E-state index >= 15 is 0 Å². The lowest BCUT2D eigenvalue weighted by Crippen LogP contribution is -2.57. The second kappa shape index (κ2) is 11.6. The Balaban J connectivity index is 1.51. The minimum Gasteiger partial charge on any atom is -0.343 e. The molecule has 0 radical (unpaired) electrons. The highest BCUT2D eigenvalue weighted by Gasteiger charge is 2.41. The van der Waals surface area contributed by atoms with E-state index in [2.05, 4.69) is 21.0 Å². The fourth-order valence-electron chi connectivity index (χ4n) is 5.16. The number of hydrogen-bond acceptors (Lipinski definition) is 5. The van der Waals surface area contributed by atoms with E-state index in [1.807, 2.05) is 0 Å². The molecule has 2 aromatic rings. The largest absolute Gasteiger partial charge is 0.343 e. The molecule has 3 amide bonds. The summed E-state index contributed by atoms with van der Waals surface area (Å²) in [7, 11) is 1.70. The van der Waals surface area contributed by atoms with Crippen molar-refractivity contribution in [3.8, 4) is 5.69 Å². The Morgan fingerprint density at radius 2 is 1.81 bits per heavy atom. The maximum absolute atomic E-state index is 14.3. The highest BCUT2D eigenvalue weighted by atomic mass is 19.1. The lowest BCUT2D eigenvalue weighted by Gasteiger charge is -2.35. The number of rotatable bonds is 8. The first-order valence-electron chi connectivity index (χ1n) is 12.8. The number of benzene rings is 1. The highest BCUT2D eigenvalue weighted by Crippen LogP contribution is 2.30. The van der Waals surface area contributed by atoms with Gasteiger partial charge in [-0.25, -0.2) is 9.07 Å². The monoisotopic (exact) mass is 498 g/mol. The van der Waals surface area contributed by atoms with E-state index in [0.29, 0.717) is 25.2 Å². The Morgan fingerprint density at radius 1 is 1.06 bits per heavy atom. The van der Waals surface area contributed by atoms with E-state index in [1.54, 1.807) is 43.1 Å². The van der Waals surface area contributed by atoms with E-state index < -0.39 is 23.9 Å². The van der Waals surface area contributed by atoms with Crippen LogP contribution >= 0.6 is 0 Å². The van der Waals surface area contributed by atoms with E-state index in [1.165, 1.54) is 16.9 Å². The van der Waals surface area contributed by atoms with Crippen molar-refractivity contribution in [2.75, 3.05) is 18.9 Å². The van der Waals surface area contributed by atoms with Gasteiger partial charge in [0, 0.05) is 12.6 Å². The van der Waals surface area contributed by atoms with Crippen LogP contribution in [0, 0.1) is 11.7 Å². The Hall–Kier alpha value is -3.27. The average Bonchev–Trinajstić information content (AvgIpc) is 3.57. The molecule has 1 aromatic heterocycles. The van der Waals surface area contributed by atoms with E-state index in [-0.39, 0.29) is 29.3 Å². The normalized spacial score (nSPS) is 20.1.